The van der Waals surface area contributed by atoms with Gasteiger partial charge in [-0.3, -0.25) is 9.20 Å². The van der Waals surface area contributed by atoms with E-state index in [0.717, 1.165) is 28.9 Å². The first-order chi connectivity index (χ1) is 13.7. The molecule has 0 unspecified atom stereocenters. The molecule has 2 aromatic heterocycles. The molecule has 0 radical (unpaired) electrons. The number of hydrogen-bond acceptors (Lipinski definition) is 3. The minimum absolute atomic E-state index is 0.000253. The van der Waals surface area contributed by atoms with E-state index in [0.29, 0.717) is 23.9 Å². The lowest BCUT2D eigenvalue weighted by molar-refractivity contribution is -0.117. The average Bonchev–Trinajstić information content (AvgIpc) is 2.97. The molecule has 3 aromatic rings. The molecule has 0 saturated heterocycles. The first-order valence-corrected chi connectivity index (χ1v) is 10.1. The molecule has 3 rings (SSSR count). The Morgan fingerprint density at radius 1 is 1.24 bits per heavy atom. The molecule has 29 heavy (non-hydrogen) atoms. The summed E-state index contributed by atoms with van der Waals surface area (Å²) in [6.07, 6.45) is 3.42. The van der Waals surface area contributed by atoms with Gasteiger partial charge in [-0.05, 0) is 54.5 Å². The predicted molar refractivity (Wildman–Crippen MR) is 118 cm³/mol. The predicted octanol–water partition coefficient (Wildman–Crippen LogP) is 5.72. The van der Waals surface area contributed by atoms with Crippen LogP contribution in [-0.2, 0) is 4.79 Å². The van der Waals surface area contributed by atoms with Crippen LogP contribution in [0.25, 0.3) is 16.9 Å². The van der Waals surface area contributed by atoms with Crippen molar-refractivity contribution in [2.75, 3.05) is 12.4 Å². The summed E-state index contributed by atoms with van der Waals surface area (Å²) in [6.45, 7) is 10.8. The number of carbonyl (C=O) groups is 1. The Labute approximate surface area is 173 Å². The van der Waals surface area contributed by atoms with Crippen LogP contribution in [0.4, 0.5) is 5.82 Å². The lowest BCUT2D eigenvalue weighted by atomic mass is 9.84. The Bertz CT molecular complexity index is 1010. The van der Waals surface area contributed by atoms with E-state index in [2.05, 4.69) is 33.0 Å². The number of ether oxygens (including phenoxy) is 1. The average molecular weight is 394 g/mol. The quantitative estimate of drug-likeness (QED) is 0.583. The normalized spacial score (nSPS) is 12.8. The number of anilines is 1. The third-order valence-electron chi connectivity index (χ3n) is 4.90. The number of hydrogen-bond donors (Lipinski definition) is 1. The van der Waals surface area contributed by atoms with Gasteiger partial charge in [0.2, 0.25) is 5.91 Å². The van der Waals surface area contributed by atoms with Crippen LogP contribution in [-0.4, -0.2) is 22.4 Å². The third kappa shape index (κ3) is 4.97. The van der Waals surface area contributed by atoms with Gasteiger partial charge in [-0.2, -0.15) is 0 Å². The molecule has 0 spiro atoms. The molecule has 5 nitrogen and oxygen atoms in total. The molecule has 0 fully saturated rings. The molecule has 5 heteroatoms. The van der Waals surface area contributed by atoms with Crippen molar-refractivity contribution in [1.29, 1.82) is 0 Å². The van der Waals surface area contributed by atoms with Crippen LogP contribution >= 0.6 is 0 Å². The number of methoxy groups -OCH3 is 1. The smallest absolute Gasteiger partial charge is 0.225 e. The Morgan fingerprint density at radius 3 is 2.66 bits per heavy atom. The summed E-state index contributed by atoms with van der Waals surface area (Å²) in [4.78, 5) is 17.7. The van der Waals surface area contributed by atoms with Crippen molar-refractivity contribution < 1.29 is 9.53 Å². The van der Waals surface area contributed by atoms with Crippen molar-refractivity contribution in [3.8, 4) is 17.0 Å². The number of aromatic nitrogens is 2. The number of pyridine rings is 1. The van der Waals surface area contributed by atoms with Crippen LogP contribution in [0.2, 0.25) is 0 Å². The molecule has 2 heterocycles. The number of carbonyl (C=O) groups excluding carboxylic acids is 1. The second-order valence-electron chi connectivity index (χ2n) is 9.06. The number of nitrogens with one attached hydrogen (secondary N) is 1. The first kappa shape index (κ1) is 20.9. The van der Waals surface area contributed by atoms with E-state index in [9.17, 15) is 4.79 Å². The van der Waals surface area contributed by atoms with Crippen LogP contribution in [0.3, 0.4) is 0 Å². The number of aryl methyl sites for hydroxylation is 1. The molecular weight excluding hydrogens is 362 g/mol. The largest absolute Gasteiger partial charge is 0.496 e. The van der Waals surface area contributed by atoms with E-state index in [1.165, 1.54) is 0 Å². The summed E-state index contributed by atoms with van der Waals surface area (Å²) in [7, 11) is 1.64. The number of nitrogens with zero attached hydrogens (tertiary/aromatic N) is 2. The Kier molecular flexibility index (Phi) is 5.96. The molecule has 0 saturated carbocycles. The summed E-state index contributed by atoms with van der Waals surface area (Å²) < 4.78 is 7.47. The molecule has 1 atom stereocenters. The van der Waals surface area contributed by atoms with Crippen molar-refractivity contribution in [1.82, 2.24) is 9.38 Å². The molecule has 0 bridgehead atoms. The van der Waals surface area contributed by atoms with Crippen molar-refractivity contribution in [3.63, 3.8) is 0 Å². The van der Waals surface area contributed by atoms with Gasteiger partial charge in [0, 0.05) is 18.2 Å². The Hall–Kier alpha value is -2.82. The van der Waals surface area contributed by atoms with E-state index in [4.69, 9.17) is 9.72 Å². The molecular formula is C24H31N3O2. The topological polar surface area (TPSA) is 55.6 Å². The number of rotatable bonds is 6. The SMILES string of the molecule is COc1ccccc1-c1nc2cc(C)ccn2c1NC(=O)C[C@@H](C)CC(C)(C)C. The fraction of sp³-hybridized carbons (Fsp3) is 0.417. The second kappa shape index (κ2) is 8.27. The van der Waals surface area contributed by atoms with Crippen molar-refractivity contribution in [2.45, 2.75) is 47.5 Å². The van der Waals surface area contributed by atoms with Crippen LogP contribution in [0.1, 0.15) is 46.1 Å². The van der Waals surface area contributed by atoms with Gasteiger partial charge in [0.1, 0.15) is 22.9 Å². The number of imidazole rings is 1. The first-order valence-electron chi connectivity index (χ1n) is 10.1. The lowest BCUT2D eigenvalue weighted by Gasteiger charge is -2.22. The van der Waals surface area contributed by atoms with Gasteiger partial charge >= 0.3 is 0 Å². The monoisotopic (exact) mass is 393 g/mol. The van der Waals surface area contributed by atoms with Gasteiger partial charge < -0.3 is 10.1 Å². The molecule has 1 aromatic carbocycles. The van der Waals surface area contributed by atoms with E-state index in [1.54, 1.807) is 7.11 Å². The lowest BCUT2D eigenvalue weighted by Crippen LogP contribution is -2.19. The zero-order valence-electron chi connectivity index (χ0n) is 18.2. The standard InChI is InChI=1S/C24H31N3O2/c1-16-11-12-27-20(13-16)25-22(18-9-7-8-10-19(18)29-6)23(27)26-21(28)14-17(2)15-24(3,4)5/h7-13,17H,14-15H2,1-6H3,(H,26,28)/t17-/m1/s1. The summed E-state index contributed by atoms with van der Waals surface area (Å²) in [5, 5.41) is 3.13. The molecule has 1 amide bonds. The zero-order valence-corrected chi connectivity index (χ0v) is 18.2. The minimum Gasteiger partial charge on any atom is -0.496 e. The van der Waals surface area contributed by atoms with E-state index < -0.39 is 0 Å². The van der Waals surface area contributed by atoms with Gasteiger partial charge in [0.15, 0.2) is 0 Å². The maximum Gasteiger partial charge on any atom is 0.225 e. The Morgan fingerprint density at radius 2 is 1.97 bits per heavy atom. The molecule has 0 aliphatic heterocycles. The van der Waals surface area contributed by atoms with Crippen molar-refractivity contribution >= 4 is 17.4 Å². The zero-order chi connectivity index (χ0) is 21.2. The maximum atomic E-state index is 12.9. The Balaban J connectivity index is 1.98. The summed E-state index contributed by atoms with van der Waals surface area (Å²) in [6, 6.07) is 11.8. The molecule has 1 N–H and O–H groups in total. The highest BCUT2D eigenvalue weighted by Crippen LogP contribution is 2.35. The molecule has 0 aliphatic rings. The highest BCUT2D eigenvalue weighted by molar-refractivity contribution is 5.95. The van der Waals surface area contributed by atoms with E-state index in [-0.39, 0.29) is 11.3 Å². The number of benzene rings is 1. The van der Waals surface area contributed by atoms with Gasteiger partial charge in [-0.1, -0.05) is 39.8 Å². The molecule has 154 valence electrons. The maximum absolute atomic E-state index is 12.9. The van der Waals surface area contributed by atoms with Gasteiger partial charge in [0.05, 0.1) is 7.11 Å². The number of fused-ring (bicyclic) bond motifs is 1. The van der Waals surface area contributed by atoms with Gasteiger partial charge in [-0.15, -0.1) is 0 Å². The van der Waals surface area contributed by atoms with Crippen molar-refractivity contribution in [2.24, 2.45) is 11.3 Å². The summed E-state index contributed by atoms with van der Waals surface area (Å²) in [5.41, 5.74) is 3.68. The molecule has 0 aliphatic carbocycles. The fourth-order valence-electron chi connectivity index (χ4n) is 3.91. The fourth-order valence-corrected chi connectivity index (χ4v) is 3.91. The van der Waals surface area contributed by atoms with Crippen molar-refractivity contribution in [3.05, 3.63) is 48.2 Å². The number of amides is 1. The van der Waals surface area contributed by atoms with Gasteiger partial charge in [0.25, 0.3) is 0 Å². The van der Waals surface area contributed by atoms with E-state index >= 15 is 0 Å². The highest BCUT2D eigenvalue weighted by Gasteiger charge is 2.22. The van der Waals surface area contributed by atoms with Crippen LogP contribution in [0, 0.1) is 18.3 Å². The minimum atomic E-state index is 0.000253. The second-order valence-corrected chi connectivity index (χ2v) is 9.06. The highest BCUT2D eigenvalue weighted by atomic mass is 16.5. The van der Waals surface area contributed by atoms with Crippen LogP contribution in [0.15, 0.2) is 42.6 Å². The summed E-state index contributed by atoms with van der Waals surface area (Å²) >= 11 is 0. The van der Waals surface area contributed by atoms with E-state index in [1.807, 2.05) is 53.9 Å². The number of para-hydroxylation sites is 1. The third-order valence-corrected chi connectivity index (χ3v) is 4.90. The van der Waals surface area contributed by atoms with Crippen LogP contribution < -0.4 is 10.1 Å². The van der Waals surface area contributed by atoms with Crippen LogP contribution in [0.5, 0.6) is 5.75 Å². The summed E-state index contributed by atoms with van der Waals surface area (Å²) in [5.74, 6) is 1.70. The van der Waals surface area contributed by atoms with Gasteiger partial charge in [-0.25, -0.2) is 4.98 Å².